The average Bonchev–Trinajstić information content (AvgIpc) is 3.20. The van der Waals surface area contributed by atoms with Gasteiger partial charge in [-0.2, -0.15) is 5.26 Å². The summed E-state index contributed by atoms with van der Waals surface area (Å²) in [5, 5.41) is 17.8. The highest BCUT2D eigenvalue weighted by atomic mass is 35.5. The van der Waals surface area contributed by atoms with E-state index in [9.17, 15) is 19.6 Å². The number of carbonyl (C=O) groups is 3. The zero-order valence-corrected chi connectivity index (χ0v) is 29.8. The van der Waals surface area contributed by atoms with E-state index in [1.165, 1.54) is 44.4 Å². The third kappa shape index (κ3) is 8.66. The lowest BCUT2D eigenvalue weighted by Gasteiger charge is -2.38. The fourth-order valence-corrected chi connectivity index (χ4v) is 6.53. The summed E-state index contributed by atoms with van der Waals surface area (Å²) in [7, 11) is 1.37. The second kappa shape index (κ2) is 16.1. The van der Waals surface area contributed by atoms with Crippen molar-refractivity contribution in [2.45, 2.75) is 57.7 Å². The molecule has 1 amide bonds. The number of esters is 2. The summed E-state index contributed by atoms with van der Waals surface area (Å²) >= 11 is 12.4. The zero-order valence-electron chi connectivity index (χ0n) is 28.3. The highest BCUT2D eigenvalue weighted by Gasteiger charge is 2.61. The highest BCUT2D eigenvalue weighted by Crippen LogP contribution is 2.51. The van der Waals surface area contributed by atoms with Gasteiger partial charge < -0.3 is 30.6 Å². The van der Waals surface area contributed by atoms with E-state index in [0.717, 1.165) is 6.07 Å². The lowest BCUT2D eigenvalue weighted by atomic mass is 9.61. The standard InChI is InChI=1S/C37H39Cl2FN4O6/c1-21(42)34(46)49-15-16-50-35(47)23-10-14-28(29(17-23)48-5)43-33(45)32-31(22-7-6-8-24(38)11-9-22)37(20-41,30(44-32)19-36(2,3)4)26-13-12-25(39)18-27(26)40/h6-8,10,12-14,17-18,21-22,30-32,44H,15-16,19,42H2,1-5H3,(H,43,45)/t21-,22?,30?,31?,32+,37-/m0/s1. The van der Waals surface area contributed by atoms with Crippen molar-refractivity contribution < 1.29 is 33.0 Å². The lowest BCUT2D eigenvalue weighted by Crippen LogP contribution is -2.47. The molecule has 4 N–H and O–H groups in total. The number of nitriles is 1. The maximum absolute atomic E-state index is 15.9. The van der Waals surface area contributed by atoms with E-state index in [1.807, 2.05) is 20.8 Å². The number of nitrogens with one attached hydrogen (secondary N) is 2. The van der Waals surface area contributed by atoms with Crippen LogP contribution in [0.2, 0.25) is 5.02 Å². The second-order valence-electron chi connectivity index (χ2n) is 13.3. The molecule has 1 saturated heterocycles. The summed E-state index contributed by atoms with van der Waals surface area (Å²) in [5.74, 6) is 1.96. The quantitative estimate of drug-likeness (QED) is 0.152. The molecule has 6 atom stereocenters. The molecular formula is C37H39Cl2FN4O6. The molecule has 264 valence electrons. The van der Waals surface area contributed by atoms with Gasteiger partial charge in [-0.15, -0.1) is 0 Å². The molecule has 0 bridgehead atoms. The molecule has 0 radical (unpaired) electrons. The topological polar surface area (TPSA) is 153 Å². The lowest BCUT2D eigenvalue weighted by molar-refractivity contribution is -0.145. The van der Waals surface area contributed by atoms with Gasteiger partial charge in [0.05, 0.1) is 35.5 Å². The minimum absolute atomic E-state index is 0.0951. The van der Waals surface area contributed by atoms with Crippen LogP contribution in [0.5, 0.6) is 5.75 Å². The Labute approximate surface area is 301 Å². The summed E-state index contributed by atoms with van der Waals surface area (Å²) < 4.78 is 31.6. The Bertz CT molecular complexity index is 1810. The number of methoxy groups -OCH3 is 1. The maximum Gasteiger partial charge on any atom is 0.338 e. The molecular weight excluding hydrogens is 686 g/mol. The highest BCUT2D eigenvalue weighted by molar-refractivity contribution is 6.32. The molecule has 0 saturated carbocycles. The number of anilines is 1. The Balaban J connectivity index is 1.71. The van der Waals surface area contributed by atoms with Crippen molar-refractivity contribution >= 4 is 46.7 Å². The van der Waals surface area contributed by atoms with Crippen LogP contribution >= 0.6 is 23.2 Å². The number of benzene rings is 2. The molecule has 4 rings (SSSR count). The van der Waals surface area contributed by atoms with Gasteiger partial charge in [0.1, 0.15) is 36.2 Å². The fraction of sp³-hybridized carbons (Fsp3) is 0.405. The number of nitrogens with two attached hydrogens (primary N) is 1. The van der Waals surface area contributed by atoms with Crippen LogP contribution in [0.3, 0.4) is 0 Å². The molecule has 0 aromatic heterocycles. The van der Waals surface area contributed by atoms with Crippen LogP contribution in [-0.2, 0) is 24.5 Å². The number of allylic oxidation sites excluding steroid dienone is 4. The summed E-state index contributed by atoms with van der Waals surface area (Å²) in [5.41, 5.74) is 3.97. The number of amides is 1. The van der Waals surface area contributed by atoms with Crippen LogP contribution in [-0.4, -0.2) is 56.3 Å². The minimum atomic E-state index is -1.58. The smallest absolute Gasteiger partial charge is 0.338 e. The van der Waals surface area contributed by atoms with E-state index in [4.69, 9.17) is 43.1 Å². The summed E-state index contributed by atoms with van der Waals surface area (Å²) in [4.78, 5) is 38.6. The number of nitrogens with zero attached hydrogens (tertiary/aromatic N) is 1. The van der Waals surface area contributed by atoms with Crippen molar-refractivity contribution in [3.63, 3.8) is 0 Å². The van der Waals surface area contributed by atoms with Crippen LogP contribution in [0.25, 0.3) is 0 Å². The van der Waals surface area contributed by atoms with Gasteiger partial charge in [-0.3, -0.25) is 9.59 Å². The van der Waals surface area contributed by atoms with E-state index in [-0.39, 0.29) is 51.2 Å². The van der Waals surface area contributed by atoms with Crippen molar-refractivity contribution in [3.8, 4) is 23.7 Å². The number of carbonyl (C=O) groups excluding carboxylic acids is 3. The van der Waals surface area contributed by atoms with Gasteiger partial charge in [0.15, 0.2) is 0 Å². The van der Waals surface area contributed by atoms with E-state index in [0.29, 0.717) is 6.42 Å². The molecule has 2 aliphatic rings. The van der Waals surface area contributed by atoms with Crippen molar-refractivity contribution in [1.82, 2.24) is 5.32 Å². The Morgan fingerprint density at radius 1 is 1.16 bits per heavy atom. The Morgan fingerprint density at radius 3 is 2.52 bits per heavy atom. The van der Waals surface area contributed by atoms with Gasteiger partial charge in [-0.1, -0.05) is 74.0 Å². The van der Waals surface area contributed by atoms with Gasteiger partial charge in [-0.25, -0.2) is 9.18 Å². The number of rotatable bonds is 11. The van der Waals surface area contributed by atoms with Gasteiger partial charge in [0, 0.05) is 28.5 Å². The maximum atomic E-state index is 15.9. The number of hydrogen-bond donors (Lipinski definition) is 3. The van der Waals surface area contributed by atoms with E-state index in [2.05, 4.69) is 28.5 Å². The molecule has 1 heterocycles. The summed E-state index contributed by atoms with van der Waals surface area (Å²) in [6, 6.07) is 8.36. The first kappa shape index (κ1) is 38.4. The third-order valence-corrected chi connectivity index (χ3v) is 8.87. The minimum Gasteiger partial charge on any atom is -0.495 e. The Hall–Kier alpha value is -4.39. The first-order chi connectivity index (χ1) is 23.6. The van der Waals surface area contributed by atoms with Gasteiger partial charge in [0.25, 0.3) is 0 Å². The Kier molecular flexibility index (Phi) is 12.4. The van der Waals surface area contributed by atoms with Crippen LogP contribution in [0.15, 0.2) is 59.7 Å². The van der Waals surface area contributed by atoms with Crippen LogP contribution in [0.4, 0.5) is 10.1 Å². The van der Waals surface area contributed by atoms with Crippen LogP contribution in [0.1, 0.15) is 50.0 Å². The van der Waals surface area contributed by atoms with Gasteiger partial charge in [0.2, 0.25) is 5.91 Å². The normalized spacial score (nSPS) is 23.3. The third-order valence-electron chi connectivity index (χ3n) is 8.41. The molecule has 50 heavy (non-hydrogen) atoms. The van der Waals surface area contributed by atoms with Crippen LogP contribution in [0, 0.1) is 46.2 Å². The summed E-state index contributed by atoms with van der Waals surface area (Å²) in [6.45, 7) is 7.10. The molecule has 1 aliphatic heterocycles. The first-order valence-electron chi connectivity index (χ1n) is 15.9. The van der Waals surface area contributed by atoms with E-state index < -0.39 is 59.0 Å². The van der Waals surface area contributed by atoms with Crippen molar-refractivity contribution in [1.29, 1.82) is 5.26 Å². The van der Waals surface area contributed by atoms with Gasteiger partial charge in [-0.05, 0) is 55.2 Å². The van der Waals surface area contributed by atoms with E-state index in [1.54, 1.807) is 18.2 Å². The number of hydrogen-bond acceptors (Lipinski definition) is 9. The fourth-order valence-electron chi connectivity index (χ4n) is 6.25. The molecule has 1 aliphatic carbocycles. The zero-order chi connectivity index (χ0) is 36.8. The number of ether oxygens (including phenoxy) is 3. The average molecular weight is 726 g/mol. The SMILES string of the molecule is COc1cc(C(=O)OCCOC(=O)[C@H](C)N)ccc1NC(=O)[C@@H]1NC(CC(C)(C)C)[C@](C#N)(c2ccc(Cl)cc2F)C1C1C#CC(Cl)=CC=C1. The van der Waals surface area contributed by atoms with Crippen molar-refractivity contribution in [3.05, 3.63) is 81.6 Å². The molecule has 3 unspecified atom stereocenters. The molecule has 1 fully saturated rings. The molecule has 2 aromatic rings. The summed E-state index contributed by atoms with van der Waals surface area (Å²) in [6.07, 6.45) is 5.46. The van der Waals surface area contributed by atoms with Crippen molar-refractivity contribution in [2.24, 2.45) is 23.0 Å². The van der Waals surface area contributed by atoms with Gasteiger partial charge >= 0.3 is 11.9 Å². The molecule has 2 aromatic carbocycles. The predicted molar refractivity (Wildman–Crippen MR) is 188 cm³/mol. The first-order valence-corrected chi connectivity index (χ1v) is 16.6. The monoisotopic (exact) mass is 724 g/mol. The predicted octanol–water partition coefficient (Wildman–Crippen LogP) is 5.64. The second-order valence-corrected chi connectivity index (χ2v) is 14.1. The largest absolute Gasteiger partial charge is 0.495 e. The van der Waals surface area contributed by atoms with Crippen molar-refractivity contribution in [2.75, 3.05) is 25.6 Å². The van der Waals surface area contributed by atoms with E-state index >= 15 is 4.39 Å². The van der Waals surface area contributed by atoms with Crippen LogP contribution < -0.4 is 21.1 Å². The molecule has 0 spiro atoms. The molecule has 10 nitrogen and oxygen atoms in total. The molecule has 13 heteroatoms. The Morgan fingerprint density at radius 2 is 1.88 bits per heavy atom. The number of halogens is 3.